The van der Waals surface area contributed by atoms with Crippen molar-refractivity contribution in [2.75, 3.05) is 0 Å². The second-order valence-electron chi connectivity index (χ2n) is 4.70. The number of H-pyrrole nitrogens is 1. The van der Waals surface area contributed by atoms with E-state index in [2.05, 4.69) is 44.8 Å². The van der Waals surface area contributed by atoms with Crippen molar-refractivity contribution >= 4 is 13.4 Å². The third-order valence-corrected chi connectivity index (χ3v) is 9.37. The van der Waals surface area contributed by atoms with Crippen LogP contribution in [0.5, 0.6) is 0 Å². The van der Waals surface area contributed by atoms with Gasteiger partial charge >= 0.3 is 0 Å². The third-order valence-electron chi connectivity index (χ3n) is 3.85. The molecule has 1 heterocycles. The lowest BCUT2D eigenvalue weighted by Gasteiger charge is -2.28. The van der Waals surface area contributed by atoms with Gasteiger partial charge in [-0.1, -0.05) is 52.8 Å². The van der Waals surface area contributed by atoms with Gasteiger partial charge in [0.15, 0.2) is 0 Å². The van der Waals surface area contributed by atoms with Crippen molar-refractivity contribution in [2.24, 2.45) is 0 Å². The van der Waals surface area contributed by atoms with Gasteiger partial charge in [-0.2, -0.15) is 5.10 Å². The highest BCUT2D eigenvalue weighted by atomic mass is 28.3. The van der Waals surface area contributed by atoms with Gasteiger partial charge in [0.25, 0.3) is 0 Å². The van der Waals surface area contributed by atoms with Crippen molar-refractivity contribution in [1.82, 2.24) is 10.2 Å². The van der Waals surface area contributed by atoms with E-state index < -0.39 is 8.07 Å². The molecule has 0 unspecified atom stereocenters. The minimum atomic E-state index is -1.27. The van der Waals surface area contributed by atoms with Crippen molar-refractivity contribution in [3.63, 3.8) is 0 Å². The molecule has 2 nitrogen and oxygen atoms in total. The molecule has 0 atom stereocenters. The van der Waals surface area contributed by atoms with E-state index in [0.29, 0.717) is 5.92 Å². The number of rotatable bonds is 5. The number of hydrogen-bond acceptors (Lipinski definition) is 1. The quantitative estimate of drug-likeness (QED) is 0.764. The number of aromatic amines is 1. The Morgan fingerprint density at radius 3 is 2.13 bits per heavy atom. The smallest absolute Gasteiger partial charge is 0.109 e. The zero-order valence-corrected chi connectivity index (χ0v) is 11.7. The van der Waals surface area contributed by atoms with Gasteiger partial charge in [0, 0.05) is 5.32 Å². The molecule has 0 spiro atoms. The summed E-state index contributed by atoms with van der Waals surface area (Å²) in [5.74, 6) is 0.593. The molecule has 0 aromatic carbocycles. The predicted octanol–water partition coefficient (Wildman–Crippen LogP) is 3.25. The molecule has 1 aromatic rings. The lowest BCUT2D eigenvalue weighted by atomic mass is 10.1. The molecule has 0 aliphatic carbocycles. The van der Waals surface area contributed by atoms with Crippen molar-refractivity contribution in [3.05, 3.63) is 11.8 Å². The monoisotopic (exact) mass is 224 g/mol. The molecule has 0 aliphatic heterocycles. The summed E-state index contributed by atoms with van der Waals surface area (Å²) in [6.45, 7) is 11.5. The highest BCUT2D eigenvalue weighted by molar-refractivity contribution is 6.91. The van der Waals surface area contributed by atoms with Crippen molar-refractivity contribution in [1.29, 1.82) is 0 Å². The van der Waals surface area contributed by atoms with Gasteiger partial charge in [0.1, 0.15) is 8.07 Å². The lowest BCUT2D eigenvalue weighted by Crippen LogP contribution is -2.48. The van der Waals surface area contributed by atoms with E-state index in [1.807, 2.05) is 6.20 Å². The predicted molar refractivity (Wildman–Crippen MR) is 69.5 cm³/mol. The van der Waals surface area contributed by atoms with Gasteiger partial charge < -0.3 is 0 Å². The average Bonchev–Trinajstić information content (AvgIpc) is 2.71. The molecule has 0 aliphatic rings. The van der Waals surface area contributed by atoms with E-state index in [9.17, 15) is 0 Å². The summed E-state index contributed by atoms with van der Waals surface area (Å²) >= 11 is 0. The molecule has 1 rings (SSSR count). The van der Waals surface area contributed by atoms with E-state index in [0.717, 1.165) is 0 Å². The molecule has 0 saturated carbocycles. The Labute approximate surface area is 94.5 Å². The zero-order chi connectivity index (χ0) is 11.5. The average molecular weight is 224 g/mol. The highest BCUT2D eigenvalue weighted by Crippen LogP contribution is 2.23. The van der Waals surface area contributed by atoms with Gasteiger partial charge in [-0.3, -0.25) is 5.10 Å². The largest absolute Gasteiger partial charge is 0.287 e. The summed E-state index contributed by atoms with van der Waals surface area (Å²) in [7, 11) is -1.27. The number of aromatic nitrogens is 2. The number of hydrogen-bond donors (Lipinski definition) is 1. The molecular weight excluding hydrogens is 200 g/mol. The van der Waals surface area contributed by atoms with Crippen LogP contribution in [0.1, 0.15) is 46.1 Å². The van der Waals surface area contributed by atoms with Gasteiger partial charge in [0.2, 0.25) is 0 Å². The Morgan fingerprint density at radius 1 is 1.20 bits per heavy atom. The fourth-order valence-corrected chi connectivity index (χ4v) is 6.27. The fraction of sp³-hybridized carbons (Fsp3) is 0.750. The molecular formula is C12H24N2Si. The zero-order valence-electron chi connectivity index (χ0n) is 10.7. The first-order valence-corrected chi connectivity index (χ1v) is 8.77. The summed E-state index contributed by atoms with van der Waals surface area (Å²) in [6, 6.07) is 3.96. The maximum atomic E-state index is 4.26. The van der Waals surface area contributed by atoms with Crippen LogP contribution < -0.4 is 5.32 Å². The molecule has 1 aromatic heterocycles. The fourth-order valence-electron chi connectivity index (χ4n) is 2.44. The van der Waals surface area contributed by atoms with E-state index in [4.69, 9.17) is 0 Å². The third kappa shape index (κ3) is 2.17. The topological polar surface area (TPSA) is 28.7 Å². The Hall–Kier alpha value is -0.573. The standard InChI is InChI=1S/C12H24N2Si/c1-6-15(7-2,8-3)12-11(10(4)5)9-13-14-12/h9-10H,6-8H2,1-5H3,(H,13,14). The van der Waals surface area contributed by atoms with Crippen LogP contribution in [0.15, 0.2) is 6.20 Å². The van der Waals surface area contributed by atoms with Gasteiger partial charge in [-0.15, -0.1) is 0 Å². The van der Waals surface area contributed by atoms with E-state index in [1.165, 1.54) is 29.0 Å². The first kappa shape index (κ1) is 12.5. The van der Waals surface area contributed by atoms with E-state index in [-0.39, 0.29) is 0 Å². The van der Waals surface area contributed by atoms with Gasteiger partial charge in [0.05, 0.1) is 6.20 Å². The first-order chi connectivity index (χ1) is 7.11. The molecule has 0 radical (unpaired) electrons. The SMILES string of the molecule is CC[Si](CC)(CC)c1[nH]ncc1C(C)C. The van der Waals surface area contributed by atoms with Gasteiger partial charge in [-0.25, -0.2) is 0 Å². The number of nitrogens with one attached hydrogen (secondary N) is 1. The van der Waals surface area contributed by atoms with Crippen LogP contribution in [0.25, 0.3) is 0 Å². The van der Waals surface area contributed by atoms with Crippen LogP contribution in [0.3, 0.4) is 0 Å². The minimum absolute atomic E-state index is 0.593. The second kappa shape index (κ2) is 4.97. The summed E-state index contributed by atoms with van der Waals surface area (Å²) < 4.78 is 0. The number of nitrogens with zero attached hydrogens (tertiary/aromatic N) is 1. The van der Waals surface area contributed by atoms with Crippen LogP contribution in [-0.2, 0) is 0 Å². The Balaban J connectivity index is 3.16. The van der Waals surface area contributed by atoms with E-state index in [1.54, 1.807) is 0 Å². The van der Waals surface area contributed by atoms with Crippen LogP contribution in [0, 0.1) is 0 Å². The maximum Gasteiger partial charge on any atom is 0.109 e. The Bertz CT molecular complexity index is 292. The second-order valence-corrected chi connectivity index (χ2v) is 9.88. The van der Waals surface area contributed by atoms with Crippen LogP contribution in [-0.4, -0.2) is 18.3 Å². The molecule has 0 fully saturated rings. The van der Waals surface area contributed by atoms with Crippen molar-refractivity contribution < 1.29 is 0 Å². The first-order valence-electron chi connectivity index (χ1n) is 6.15. The summed E-state index contributed by atoms with van der Waals surface area (Å²) in [5.41, 5.74) is 1.45. The molecule has 3 heteroatoms. The summed E-state index contributed by atoms with van der Waals surface area (Å²) in [5, 5.41) is 9.06. The van der Waals surface area contributed by atoms with E-state index >= 15 is 0 Å². The van der Waals surface area contributed by atoms with Crippen LogP contribution >= 0.6 is 0 Å². The summed E-state index contributed by atoms with van der Waals surface area (Å²) in [4.78, 5) is 0. The molecule has 0 amide bonds. The minimum Gasteiger partial charge on any atom is -0.287 e. The Kier molecular flexibility index (Phi) is 4.14. The highest BCUT2D eigenvalue weighted by Gasteiger charge is 2.33. The normalized spacial score (nSPS) is 12.4. The van der Waals surface area contributed by atoms with Crippen molar-refractivity contribution in [2.45, 2.75) is 58.7 Å². The maximum absolute atomic E-state index is 4.26. The van der Waals surface area contributed by atoms with Crippen molar-refractivity contribution in [3.8, 4) is 0 Å². The van der Waals surface area contributed by atoms with Gasteiger partial charge in [-0.05, 0) is 11.5 Å². The lowest BCUT2D eigenvalue weighted by molar-refractivity contribution is 0.872. The molecule has 0 saturated heterocycles. The summed E-state index contributed by atoms with van der Waals surface area (Å²) in [6.07, 6.45) is 2.03. The molecule has 0 bridgehead atoms. The van der Waals surface area contributed by atoms with Crippen LogP contribution in [0.2, 0.25) is 18.1 Å². The molecule has 86 valence electrons. The molecule has 15 heavy (non-hydrogen) atoms. The molecule has 1 N–H and O–H groups in total. The Morgan fingerprint density at radius 2 is 1.73 bits per heavy atom. The van der Waals surface area contributed by atoms with Crippen LogP contribution in [0.4, 0.5) is 0 Å².